The predicted molar refractivity (Wildman–Crippen MR) is 108 cm³/mol. The Bertz CT molecular complexity index is 1110. The molecule has 0 unspecified atom stereocenters. The van der Waals surface area contributed by atoms with Crippen molar-refractivity contribution in [2.24, 2.45) is 0 Å². The summed E-state index contributed by atoms with van der Waals surface area (Å²) in [7, 11) is 0. The minimum absolute atomic E-state index is 0.211. The van der Waals surface area contributed by atoms with Crippen LogP contribution in [0.15, 0.2) is 18.7 Å². The van der Waals surface area contributed by atoms with E-state index in [-0.39, 0.29) is 5.95 Å². The van der Waals surface area contributed by atoms with Crippen molar-refractivity contribution in [3.8, 4) is 11.4 Å². The van der Waals surface area contributed by atoms with E-state index < -0.39 is 5.60 Å². The molecule has 0 atom stereocenters. The standard InChI is InChI=1S/C19H22N8O2/c1-11-10-29-19(2,3)17-23-13-15(26-4-6-28-7-5-26)24-14(25-16(13)27(11)17)12-8-21-18(20)22-9-12/h8-10H,4-7H2,1-3H3,(H2,20,21,22). The number of ether oxygens (including phenoxy) is 2. The number of aromatic nitrogens is 6. The number of hydrogen-bond acceptors (Lipinski definition) is 9. The lowest BCUT2D eigenvalue weighted by atomic mass is 10.1. The molecule has 3 aromatic heterocycles. The highest BCUT2D eigenvalue weighted by Gasteiger charge is 2.35. The van der Waals surface area contributed by atoms with Crippen LogP contribution in [0.5, 0.6) is 0 Å². The summed E-state index contributed by atoms with van der Waals surface area (Å²) in [5, 5.41) is 0. The SMILES string of the molecule is CC1=COC(C)(C)c2nc3c(N4CCOCC4)nc(-c4cnc(N)nc4)nc3n21. The number of hydrogen-bond donors (Lipinski definition) is 1. The van der Waals surface area contributed by atoms with Gasteiger partial charge in [0.05, 0.1) is 24.5 Å². The van der Waals surface area contributed by atoms with Gasteiger partial charge in [-0.1, -0.05) is 0 Å². The van der Waals surface area contributed by atoms with E-state index in [1.54, 1.807) is 18.7 Å². The van der Waals surface area contributed by atoms with E-state index in [0.29, 0.717) is 24.6 Å². The van der Waals surface area contributed by atoms with E-state index >= 15 is 0 Å². The molecular weight excluding hydrogens is 372 g/mol. The Hall–Kier alpha value is -3.27. The van der Waals surface area contributed by atoms with Crippen molar-refractivity contribution in [2.75, 3.05) is 36.9 Å². The number of rotatable bonds is 2. The molecule has 29 heavy (non-hydrogen) atoms. The molecule has 0 spiro atoms. The molecule has 5 heterocycles. The van der Waals surface area contributed by atoms with Gasteiger partial charge in [0.15, 0.2) is 34.2 Å². The highest BCUT2D eigenvalue weighted by atomic mass is 16.5. The fourth-order valence-corrected chi connectivity index (χ4v) is 3.60. The largest absolute Gasteiger partial charge is 0.486 e. The average Bonchev–Trinajstić information content (AvgIpc) is 3.13. The number of allylic oxidation sites excluding steroid dienone is 1. The van der Waals surface area contributed by atoms with Crippen LogP contribution in [-0.2, 0) is 15.1 Å². The Labute approximate surface area is 167 Å². The minimum atomic E-state index is -0.576. The van der Waals surface area contributed by atoms with Gasteiger partial charge < -0.3 is 20.1 Å². The van der Waals surface area contributed by atoms with E-state index in [9.17, 15) is 0 Å². The summed E-state index contributed by atoms with van der Waals surface area (Å²) in [6.07, 6.45) is 5.02. The number of morpholine rings is 1. The first-order valence-electron chi connectivity index (χ1n) is 9.50. The quantitative estimate of drug-likeness (QED) is 0.694. The lowest BCUT2D eigenvalue weighted by Gasteiger charge is -2.29. The number of nitrogen functional groups attached to an aromatic ring is 1. The molecule has 1 saturated heterocycles. The molecular formula is C19H22N8O2. The second-order valence-electron chi connectivity index (χ2n) is 7.63. The van der Waals surface area contributed by atoms with Crippen molar-refractivity contribution in [2.45, 2.75) is 26.4 Å². The number of imidazole rings is 1. The van der Waals surface area contributed by atoms with Crippen molar-refractivity contribution in [3.63, 3.8) is 0 Å². The Morgan fingerprint density at radius 1 is 1.07 bits per heavy atom. The van der Waals surface area contributed by atoms with Gasteiger partial charge in [0.25, 0.3) is 0 Å². The van der Waals surface area contributed by atoms with Crippen LogP contribution in [0.1, 0.15) is 26.6 Å². The Morgan fingerprint density at radius 2 is 1.79 bits per heavy atom. The molecule has 0 radical (unpaired) electrons. The molecule has 0 aromatic carbocycles. The first-order valence-corrected chi connectivity index (χ1v) is 9.50. The summed E-state index contributed by atoms with van der Waals surface area (Å²) >= 11 is 0. The normalized spacial score (nSPS) is 18.3. The number of anilines is 2. The smallest absolute Gasteiger partial charge is 0.219 e. The molecule has 10 nitrogen and oxygen atoms in total. The van der Waals surface area contributed by atoms with E-state index in [2.05, 4.69) is 14.9 Å². The minimum Gasteiger partial charge on any atom is -0.486 e. The fraction of sp³-hybridized carbons (Fsp3) is 0.421. The van der Waals surface area contributed by atoms with Gasteiger partial charge in [-0.2, -0.15) is 0 Å². The molecule has 5 rings (SSSR count). The van der Waals surface area contributed by atoms with Gasteiger partial charge in [0, 0.05) is 25.5 Å². The molecule has 1 fully saturated rings. The number of nitrogens with two attached hydrogens (primary N) is 1. The van der Waals surface area contributed by atoms with Crippen LogP contribution >= 0.6 is 0 Å². The van der Waals surface area contributed by atoms with Gasteiger partial charge in [-0.05, 0) is 20.8 Å². The second kappa shape index (κ2) is 6.38. The van der Waals surface area contributed by atoms with E-state index in [1.807, 2.05) is 25.3 Å². The molecule has 3 aromatic rings. The zero-order valence-corrected chi connectivity index (χ0v) is 16.6. The van der Waals surface area contributed by atoms with Crippen LogP contribution in [0, 0.1) is 0 Å². The maximum atomic E-state index is 5.89. The summed E-state index contributed by atoms with van der Waals surface area (Å²) < 4.78 is 13.4. The van der Waals surface area contributed by atoms with Crippen molar-refractivity contribution in [1.82, 2.24) is 29.5 Å². The summed E-state index contributed by atoms with van der Waals surface area (Å²) in [5.41, 5.74) is 8.15. The first kappa shape index (κ1) is 17.8. The average molecular weight is 394 g/mol. The van der Waals surface area contributed by atoms with E-state index in [1.165, 1.54) is 0 Å². The molecule has 0 amide bonds. The molecule has 150 valence electrons. The highest BCUT2D eigenvalue weighted by molar-refractivity contribution is 5.88. The van der Waals surface area contributed by atoms with Crippen molar-refractivity contribution in [3.05, 3.63) is 24.5 Å². The van der Waals surface area contributed by atoms with Gasteiger partial charge in [-0.25, -0.2) is 24.9 Å². The summed E-state index contributed by atoms with van der Waals surface area (Å²) in [5.74, 6) is 2.30. The maximum absolute atomic E-state index is 5.89. The molecule has 10 heteroatoms. The zero-order valence-electron chi connectivity index (χ0n) is 16.6. The fourth-order valence-electron chi connectivity index (χ4n) is 3.60. The van der Waals surface area contributed by atoms with Crippen molar-refractivity contribution < 1.29 is 9.47 Å². The first-order chi connectivity index (χ1) is 13.9. The van der Waals surface area contributed by atoms with Crippen LogP contribution in [0.25, 0.3) is 28.2 Å². The number of fused-ring (bicyclic) bond motifs is 3. The summed E-state index contributed by atoms with van der Waals surface area (Å²) in [6, 6.07) is 0. The highest BCUT2D eigenvalue weighted by Crippen LogP contribution is 2.37. The van der Waals surface area contributed by atoms with Crippen molar-refractivity contribution in [1.29, 1.82) is 0 Å². The molecule has 2 N–H and O–H groups in total. The van der Waals surface area contributed by atoms with Crippen LogP contribution in [0.4, 0.5) is 11.8 Å². The van der Waals surface area contributed by atoms with Gasteiger partial charge in [-0.15, -0.1) is 0 Å². The number of nitrogens with zero attached hydrogens (tertiary/aromatic N) is 7. The third-order valence-electron chi connectivity index (χ3n) is 5.14. The van der Waals surface area contributed by atoms with Crippen LogP contribution in [-0.4, -0.2) is 55.8 Å². The lowest BCUT2D eigenvalue weighted by molar-refractivity contribution is 0.0389. The Kier molecular flexibility index (Phi) is 3.91. The second-order valence-corrected chi connectivity index (χ2v) is 7.63. The Morgan fingerprint density at radius 3 is 2.52 bits per heavy atom. The van der Waals surface area contributed by atoms with Gasteiger partial charge in [-0.3, -0.25) is 4.57 Å². The topological polar surface area (TPSA) is 117 Å². The third kappa shape index (κ3) is 2.87. The Balaban J connectivity index is 1.79. The predicted octanol–water partition coefficient (Wildman–Crippen LogP) is 1.79. The van der Waals surface area contributed by atoms with E-state index in [0.717, 1.165) is 41.6 Å². The van der Waals surface area contributed by atoms with E-state index in [4.69, 9.17) is 30.2 Å². The molecule has 2 aliphatic heterocycles. The van der Waals surface area contributed by atoms with Crippen LogP contribution < -0.4 is 10.6 Å². The summed E-state index contributed by atoms with van der Waals surface area (Å²) in [6.45, 7) is 8.72. The van der Waals surface area contributed by atoms with Crippen LogP contribution in [0.2, 0.25) is 0 Å². The van der Waals surface area contributed by atoms with Gasteiger partial charge in [0.2, 0.25) is 5.95 Å². The lowest BCUT2D eigenvalue weighted by Crippen LogP contribution is -2.37. The van der Waals surface area contributed by atoms with Crippen molar-refractivity contribution >= 4 is 28.6 Å². The van der Waals surface area contributed by atoms with Gasteiger partial charge >= 0.3 is 0 Å². The summed E-state index contributed by atoms with van der Waals surface area (Å²) in [4.78, 5) is 25.0. The maximum Gasteiger partial charge on any atom is 0.219 e. The monoisotopic (exact) mass is 394 g/mol. The van der Waals surface area contributed by atoms with Crippen LogP contribution in [0.3, 0.4) is 0 Å². The molecule has 0 bridgehead atoms. The molecule has 2 aliphatic rings. The molecule has 0 aliphatic carbocycles. The van der Waals surface area contributed by atoms with Gasteiger partial charge in [0.1, 0.15) is 6.26 Å². The zero-order chi connectivity index (χ0) is 20.2. The molecule has 0 saturated carbocycles. The third-order valence-corrected chi connectivity index (χ3v) is 5.14.